The van der Waals surface area contributed by atoms with Crippen molar-refractivity contribution < 1.29 is 52.9 Å². The second-order valence-electron chi connectivity index (χ2n) is 3.69. The van der Waals surface area contributed by atoms with Crippen molar-refractivity contribution in [2.75, 3.05) is 33.0 Å². The molecule has 0 rings (SSSR count). The van der Waals surface area contributed by atoms with Gasteiger partial charge >= 0.3 is 19.8 Å². The zero-order chi connectivity index (χ0) is 17.2. The summed E-state index contributed by atoms with van der Waals surface area (Å²) in [5.74, 6) is -3.12. The molecule has 0 spiro atoms. The van der Waals surface area contributed by atoms with E-state index < -0.39 is 51.8 Å². The first kappa shape index (κ1) is 20.9. The van der Waals surface area contributed by atoms with E-state index in [0.29, 0.717) is 6.61 Å². The van der Waals surface area contributed by atoms with E-state index in [1.54, 1.807) is 6.92 Å². The Kier molecular flexibility index (Phi) is 10.1. The van der Waals surface area contributed by atoms with Crippen molar-refractivity contribution in [3.63, 3.8) is 0 Å². The summed E-state index contributed by atoms with van der Waals surface area (Å²) < 4.78 is 30.0. The first-order valence-corrected chi connectivity index (χ1v) is 7.62. The normalized spacial score (nSPS) is 16.4. The minimum atomic E-state index is -4.83. The lowest BCUT2D eigenvalue weighted by Gasteiger charge is -2.19. The fraction of sp³-hybridized carbons (Fsp3) is 0.800. The fourth-order valence-electron chi connectivity index (χ4n) is 0.915. The molecule has 0 aromatic rings. The molecule has 0 aliphatic carbocycles. The summed E-state index contributed by atoms with van der Waals surface area (Å²) in [6, 6.07) is 0. The minimum Gasteiger partial charge on any atom is -0.393 e. The van der Waals surface area contributed by atoms with Gasteiger partial charge in [-0.3, -0.25) is 4.52 Å². The highest BCUT2D eigenvalue weighted by Crippen LogP contribution is 2.50. The first-order valence-electron chi connectivity index (χ1n) is 6.16. The molecule has 4 N–H and O–H groups in total. The third kappa shape index (κ3) is 7.80. The summed E-state index contributed by atoms with van der Waals surface area (Å²) in [5.41, 5.74) is 0. The van der Waals surface area contributed by atoms with Crippen molar-refractivity contribution in [1.29, 1.82) is 0 Å². The summed E-state index contributed by atoms with van der Waals surface area (Å²) in [4.78, 5) is 22.6. The molecule has 130 valence electrons. The molecule has 0 amide bonds. The molecule has 22 heavy (non-hydrogen) atoms. The Balaban J connectivity index is 4.84. The summed E-state index contributed by atoms with van der Waals surface area (Å²) >= 11 is 0. The number of carbonyl (C=O) groups excluding carboxylic acids is 2. The number of aliphatic hydroxyl groups is 4. The lowest BCUT2D eigenvalue weighted by atomic mass is 10.4. The van der Waals surface area contributed by atoms with E-state index in [0.717, 1.165) is 0 Å². The number of aliphatic hydroxyl groups excluding tert-OH is 4. The van der Waals surface area contributed by atoms with Crippen molar-refractivity contribution in [1.82, 2.24) is 0 Å². The van der Waals surface area contributed by atoms with Gasteiger partial charge in [0.05, 0.1) is 26.4 Å². The Morgan fingerprint density at radius 1 is 1.00 bits per heavy atom. The van der Waals surface area contributed by atoms with Crippen molar-refractivity contribution in [2.24, 2.45) is 0 Å². The van der Waals surface area contributed by atoms with E-state index >= 15 is 0 Å². The van der Waals surface area contributed by atoms with E-state index in [9.17, 15) is 14.2 Å². The standard InChI is InChI=1S/C10H19O11P/c1-2-18-3-4-19-22(17,20-9(15)7(13)5-11)21-10(16)8(14)6-12/h7-8,11-14H,2-6H2,1H3. The van der Waals surface area contributed by atoms with Crippen molar-refractivity contribution in [2.45, 2.75) is 19.1 Å². The van der Waals surface area contributed by atoms with E-state index in [1.807, 2.05) is 0 Å². The van der Waals surface area contributed by atoms with E-state index in [1.165, 1.54) is 0 Å². The Bertz CT molecular complexity index is 370. The molecule has 0 radical (unpaired) electrons. The number of hydrogen-bond donors (Lipinski definition) is 4. The molecule has 0 heterocycles. The Morgan fingerprint density at radius 3 is 1.82 bits per heavy atom. The highest BCUT2D eigenvalue weighted by molar-refractivity contribution is 7.49. The topological polar surface area (TPSA) is 169 Å². The average molecular weight is 346 g/mol. The summed E-state index contributed by atoms with van der Waals surface area (Å²) in [7, 11) is -4.83. The van der Waals surface area contributed by atoms with Gasteiger partial charge in [-0.15, -0.1) is 0 Å². The number of phosphoric acid groups is 1. The van der Waals surface area contributed by atoms with Gasteiger partial charge in [-0.05, 0) is 6.92 Å². The molecule has 0 bridgehead atoms. The van der Waals surface area contributed by atoms with Gasteiger partial charge in [0.2, 0.25) is 0 Å². The van der Waals surface area contributed by atoms with Crippen LogP contribution in [0.15, 0.2) is 0 Å². The Hall–Kier alpha value is -1.07. The van der Waals surface area contributed by atoms with Crippen LogP contribution in [0.4, 0.5) is 0 Å². The lowest BCUT2D eigenvalue weighted by Crippen LogP contribution is -2.29. The van der Waals surface area contributed by atoms with E-state index in [-0.39, 0.29) is 6.61 Å². The van der Waals surface area contributed by atoms with Gasteiger partial charge in [0, 0.05) is 6.61 Å². The Morgan fingerprint density at radius 2 is 1.45 bits per heavy atom. The van der Waals surface area contributed by atoms with Crippen molar-refractivity contribution >= 4 is 19.8 Å². The summed E-state index contributed by atoms with van der Waals surface area (Å²) in [6.45, 7) is -0.513. The first-order chi connectivity index (χ1) is 10.3. The second-order valence-corrected chi connectivity index (χ2v) is 5.21. The maximum Gasteiger partial charge on any atom is 0.592 e. The fourth-order valence-corrected chi connectivity index (χ4v) is 2.04. The quantitative estimate of drug-likeness (QED) is 0.240. The van der Waals surface area contributed by atoms with Crippen LogP contribution >= 0.6 is 7.82 Å². The van der Waals surface area contributed by atoms with E-state index in [4.69, 9.17) is 25.2 Å². The molecule has 0 aliphatic rings. The van der Waals surface area contributed by atoms with Gasteiger partial charge in [-0.25, -0.2) is 14.2 Å². The monoisotopic (exact) mass is 346 g/mol. The second kappa shape index (κ2) is 10.6. The van der Waals surface area contributed by atoms with E-state index in [2.05, 4.69) is 13.6 Å². The third-order valence-electron chi connectivity index (χ3n) is 1.97. The number of rotatable bonds is 11. The zero-order valence-corrected chi connectivity index (χ0v) is 12.7. The van der Waals surface area contributed by atoms with Crippen LogP contribution < -0.4 is 0 Å². The third-order valence-corrected chi connectivity index (χ3v) is 3.28. The maximum atomic E-state index is 12.1. The largest absolute Gasteiger partial charge is 0.592 e. The number of phosphoric ester groups is 1. The Labute approximate surface area is 126 Å². The molecule has 12 heteroatoms. The number of hydrogen-bond acceptors (Lipinski definition) is 11. The maximum absolute atomic E-state index is 12.1. The number of ether oxygens (including phenoxy) is 1. The number of carbonyl (C=O) groups is 2. The summed E-state index contributed by atoms with van der Waals surface area (Å²) in [6.07, 6.45) is -4.05. The van der Waals surface area contributed by atoms with Gasteiger partial charge in [0.1, 0.15) is 0 Å². The van der Waals surface area contributed by atoms with Crippen LogP contribution in [-0.4, -0.2) is 77.6 Å². The molecule has 11 nitrogen and oxygen atoms in total. The van der Waals surface area contributed by atoms with Crippen LogP contribution in [0.25, 0.3) is 0 Å². The smallest absolute Gasteiger partial charge is 0.393 e. The van der Waals surface area contributed by atoms with Crippen LogP contribution in [0.2, 0.25) is 0 Å². The van der Waals surface area contributed by atoms with Crippen molar-refractivity contribution in [3.8, 4) is 0 Å². The van der Waals surface area contributed by atoms with Crippen LogP contribution in [0.5, 0.6) is 0 Å². The predicted molar refractivity (Wildman–Crippen MR) is 68.4 cm³/mol. The van der Waals surface area contributed by atoms with Gasteiger partial charge in [0.15, 0.2) is 12.2 Å². The molecule has 0 aromatic heterocycles. The molecule has 2 unspecified atom stereocenters. The van der Waals surface area contributed by atoms with Gasteiger partial charge in [0.25, 0.3) is 0 Å². The molecular weight excluding hydrogens is 327 g/mol. The van der Waals surface area contributed by atoms with Gasteiger partial charge in [-0.2, -0.15) is 0 Å². The molecule has 0 fully saturated rings. The van der Waals surface area contributed by atoms with Crippen LogP contribution in [0, 0.1) is 0 Å². The summed E-state index contributed by atoms with van der Waals surface area (Å²) in [5, 5.41) is 35.2. The molecular formula is C10H19O11P. The molecule has 0 saturated carbocycles. The lowest BCUT2D eigenvalue weighted by molar-refractivity contribution is -0.153. The molecule has 2 atom stereocenters. The van der Waals surface area contributed by atoms with Gasteiger partial charge < -0.3 is 34.2 Å². The molecule has 0 aromatic carbocycles. The molecule has 0 aliphatic heterocycles. The average Bonchev–Trinajstić information content (AvgIpc) is 2.49. The highest BCUT2D eigenvalue weighted by atomic mass is 31.2. The van der Waals surface area contributed by atoms with Crippen LogP contribution in [0.3, 0.4) is 0 Å². The van der Waals surface area contributed by atoms with Crippen LogP contribution in [-0.2, 0) is 32.5 Å². The van der Waals surface area contributed by atoms with Crippen LogP contribution in [0.1, 0.15) is 6.92 Å². The molecule has 0 saturated heterocycles. The predicted octanol–water partition coefficient (Wildman–Crippen LogP) is -2.06. The highest BCUT2D eigenvalue weighted by Gasteiger charge is 2.38. The zero-order valence-electron chi connectivity index (χ0n) is 11.8. The van der Waals surface area contributed by atoms with Crippen molar-refractivity contribution in [3.05, 3.63) is 0 Å². The van der Waals surface area contributed by atoms with Gasteiger partial charge in [-0.1, -0.05) is 0 Å². The minimum absolute atomic E-state index is 0.0688. The SMILES string of the molecule is CCOCCOP(=O)(OC(=O)C(O)CO)OC(=O)C(O)CO.